The van der Waals surface area contributed by atoms with Crippen LogP contribution in [0.2, 0.25) is 0 Å². The van der Waals surface area contributed by atoms with Gasteiger partial charge in [0.05, 0.1) is 12.1 Å². The lowest BCUT2D eigenvalue weighted by atomic mass is 10.1. The summed E-state index contributed by atoms with van der Waals surface area (Å²) in [5.41, 5.74) is 3.84. The van der Waals surface area contributed by atoms with E-state index in [2.05, 4.69) is 32.4 Å². The van der Waals surface area contributed by atoms with Crippen molar-refractivity contribution in [3.05, 3.63) is 46.7 Å². The molecule has 23 heavy (non-hydrogen) atoms. The van der Waals surface area contributed by atoms with E-state index >= 15 is 0 Å². The van der Waals surface area contributed by atoms with Gasteiger partial charge in [-0.25, -0.2) is 9.97 Å². The van der Waals surface area contributed by atoms with Gasteiger partial charge in [0.25, 0.3) is 0 Å². The number of H-pyrrole nitrogens is 1. The molecular weight excluding hydrogens is 310 g/mol. The molecule has 6 nitrogen and oxygen atoms in total. The van der Waals surface area contributed by atoms with Gasteiger partial charge >= 0.3 is 0 Å². The zero-order valence-corrected chi connectivity index (χ0v) is 13.8. The molecule has 0 bridgehead atoms. The number of nitrogens with one attached hydrogen (secondary N) is 2. The maximum Gasteiger partial charge on any atom is 0.230 e. The number of aryl methyl sites for hydroxylation is 2. The lowest BCUT2D eigenvalue weighted by Crippen LogP contribution is -2.16. The maximum atomic E-state index is 12.3. The summed E-state index contributed by atoms with van der Waals surface area (Å²) in [4.78, 5) is 20.8. The molecule has 2 heterocycles. The van der Waals surface area contributed by atoms with Crippen LogP contribution in [0.15, 0.2) is 29.9 Å². The number of carbonyl (C=O) groups excluding carboxylic acids is 1. The highest BCUT2D eigenvalue weighted by atomic mass is 32.1. The number of nitrogens with zero attached hydrogens (tertiary/aromatic N) is 3. The molecule has 0 aliphatic heterocycles. The van der Waals surface area contributed by atoms with Gasteiger partial charge in [-0.2, -0.15) is 5.10 Å². The monoisotopic (exact) mass is 327 g/mol. The largest absolute Gasteiger partial charge is 0.325 e. The summed E-state index contributed by atoms with van der Waals surface area (Å²) in [6, 6.07) is 6.04. The molecule has 0 spiro atoms. The zero-order chi connectivity index (χ0) is 16.2. The van der Waals surface area contributed by atoms with Crippen LogP contribution in [0.5, 0.6) is 0 Å². The number of hydrogen-bond donors (Lipinski definition) is 2. The fourth-order valence-electron chi connectivity index (χ4n) is 2.36. The topological polar surface area (TPSA) is 83.6 Å². The molecule has 2 N–H and O–H groups in total. The van der Waals surface area contributed by atoms with Gasteiger partial charge in [0, 0.05) is 11.1 Å². The minimum atomic E-state index is -0.0663. The van der Waals surface area contributed by atoms with E-state index in [4.69, 9.17) is 0 Å². The van der Waals surface area contributed by atoms with E-state index in [0.29, 0.717) is 5.82 Å². The SMILES string of the molecule is CCc1cccc(C)c1NC(=O)Cc1csc(-c2ncn[nH]2)n1. The third-order valence-corrected chi connectivity index (χ3v) is 4.41. The first-order valence-electron chi connectivity index (χ1n) is 7.36. The van der Waals surface area contributed by atoms with Crippen LogP contribution in [0.25, 0.3) is 10.8 Å². The summed E-state index contributed by atoms with van der Waals surface area (Å²) < 4.78 is 0. The van der Waals surface area contributed by atoms with Gasteiger partial charge in [0.15, 0.2) is 10.8 Å². The van der Waals surface area contributed by atoms with Crippen molar-refractivity contribution in [3.63, 3.8) is 0 Å². The van der Waals surface area contributed by atoms with Crippen LogP contribution >= 0.6 is 11.3 Å². The van der Waals surface area contributed by atoms with Crippen molar-refractivity contribution < 1.29 is 4.79 Å². The van der Waals surface area contributed by atoms with Gasteiger partial charge in [-0.3, -0.25) is 9.89 Å². The standard InChI is InChI=1S/C16H17N5OS/c1-3-11-6-4-5-10(2)14(11)20-13(22)7-12-8-23-16(19-12)15-17-9-18-21-15/h4-6,8-9H,3,7H2,1-2H3,(H,20,22)(H,17,18,21). The minimum absolute atomic E-state index is 0.0663. The van der Waals surface area contributed by atoms with Crippen molar-refractivity contribution in [2.24, 2.45) is 0 Å². The summed E-state index contributed by atoms with van der Waals surface area (Å²) in [6.07, 6.45) is 2.55. The summed E-state index contributed by atoms with van der Waals surface area (Å²) in [5.74, 6) is 0.553. The second-order valence-electron chi connectivity index (χ2n) is 5.17. The zero-order valence-electron chi connectivity index (χ0n) is 13.0. The lowest BCUT2D eigenvalue weighted by Gasteiger charge is -2.12. The summed E-state index contributed by atoms with van der Waals surface area (Å²) >= 11 is 1.44. The minimum Gasteiger partial charge on any atom is -0.325 e. The Bertz CT molecular complexity index is 810. The Morgan fingerprint density at radius 2 is 2.26 bits per heavy atom. The van der Waals surface area contributed by atoms with Crippen LogP contribution in [0.4, 0.5) is 5.69 Å². The average Bonchev–Trinajstić information content (AvgIpc) is 3.20. The van der Waals surface area contributed by atoms with E-state index in [1.165, 1.54) is 17.7 Å². The van der Waals surface area contributed by atoms with Gasteiger partial charge in [-0.15, -0.1) is 11.3 Å². The Kier molecular flexibility index (Phi) is 4.47. The van der Waals surface area contributed by atoms with E-state index in [1.54, 1.807) is 0 Å². The summed E-state index contributed by atoms with van der Waals surface area (Å²) in [5, 5.41) is 12.2. The molecule has 0 radical (unpaired) electrons. The number of aromatic nitrogens is 4. The Morgan fingerprint density at radius 3 is 3.00 bits per heavy atom. The Morgan fingerprint density at radius 1 is 1.39 bits per heavy atom. The third kappa shape index (κ3) is 3.45. The van der Waals surface area contributed by atoms with Crippen LogP contribution in [0.3, 0.4) is 0 Å². The van der Waals surface area contributed by atoms with E-state index in [0.717, 1.165) is 33.9 Å². The Labute approximate surface area is 138 Å². The van der Waals surface area contributed by atoms with Crippen molar-refractivity contribution in [1.29, 1.82) is 0 Å². The molecule has 0 saturated carbocycles. The molecule has 1 aromatic carbocycles. The highest BCUT2D eigenvalue weighted by Gasteiger charge is 2.13. The van der Waals surface area contributed by atoms with Gasteiger partial charge < -0.3 is 5.32 Å². The molecule has 118 valence electrons. The van der Waals surface area contributed by atoms with Crippen molar-refractivity contribution in [3.8, 4) is 10.8 Å². The highest BCUT2D eigenvalue weighted by Crippen LogP contribution is 2.22. The van der Waals surface area contributed by atoms with Gasteiger partial charge in [-0.05, 0) is 24.5 Å². The number of thiazole rings is 1. The van der Waals surface area contributed by atoms with Crippen LogP contribution in [0, 0.1) is 6.92 Å². The van der Waals surface area contributed by atoms with Crippen molar-refractivity contribution in [2.75, 3.05) is 5.32 Å². The van der Waals surface area contributed by atoms with Crippen molar-refractivity contribution in [1.82, 2.24) is 20.2 Å². The van der Waals surface area contributed by atoms with Crippen LogP contribution in [-0.4, -0.2) is 26.1 Å². The number of hydrogen-bond acceptors (Lipinski definition) is 5. The van der Waals surface area contributed by atoms with Crippen molar-refractivity contribution in [2.45, 2.75) is 26.7 Å². The highest BCUT2D eigenvalue weighted by molar-refractivity contribution is 7.13. The molecule has 0 unspecified atom stereocenters. The quantitative estimate of drug-likeness (QED) is 0.754. The average molecular weight is 327 g/mol. The molecule has 1 amide bonds. The number of benzene rings is 1. The third-order valence-electron chi connectivity index (χ3n) is 3.52. The summed E-state index contributed by atoms with van der Waals surface area (Å²) in [6.45, 7) is 4.08. The van der Waals surface area contributed by atoms with E-state index < -0.39 is 0 Å². The molecule has 2 aromatic heterocycles. The number of carbonyl (C=O) groups is 1. The normalized spacial score (nSPS) is 10.7. The Hall–Kier alpha value is -2.54. The predicted molar refractivity (Wildman–Crippen MR) is 90.4 cm³/mol. The molecule has 0 aliphatic rings. The molecular formula is C16H17N5OS. The fraction of sp³-hybridized carbons (Fsp3) is 0.250. The molecule has 7 heteroatoms. The van der Waals surface area contributed by atoms with Crippen molar-refractivity contribution >= 4 is 22.9 Å². The first-order valence-corrected chi connectivity index (χ1v) is 8.23. The fourth-order valence-corrected chi connectivity index (χ4v) is 3.12. The maximum absolute atomic E-state index is 12.3. The Balaban J connectivity index is 1.71. The first-order chi connectivity index (χ1) is 11.2. The molecule has 3 aromatic rings. The number of rotatable bonds is 5. The smallest absolute Gasteiger partial charge is 0.230 e. The molecule has 0 saturated heterocycles. The second-order valence-corrected chi connectivity index (χ2v) is 6.02. The second kappa shape index (κ2) is 6.70. The van der Waals surface area contributed by atoms with E-state index in [-0.39, 0.29) is 12.3 Å². The molecule has 3 rings (SSSR count). The number of para-hydroxylation sites is 1. The van der Waals surface area contributed by atoms with Crippen LogP contribution in [0.1, 0.15) is 23.7 Å². The van der Waals surface area contributed by atoms with E-state index in [1.807, 2.05) is 30.5 Å². The molecule has 0 atom stereocenters. The number of amides is 1. The predicted octanol–water partition coefficient (Wildman–Crippen LogP) is 2.98. The molecule has 0 fully saturated rings. The van der Waals surface area contributed by atoms with E-state index in [9.17, 15) is 4.79 Å². The van der Waals surface area contributed by atoms with Gasteiger partial charge in [0.1, 0.15) is 6.33 Å². The first kappa shape index (κ1) is 15.4. The molecule has 0 aliphatic carbocycles. The number of aromatic amines is 1. The van der Waals surface area contributed by atoms with Gasteiger partial charge in [0.2, 0.25) is 5.91 Å². The van der Waals surface area contributed by atoms with Gasteiger partial charge in [-0.1, -0.05) is 25.1 Å². The summed E-state index contributed by atoms with van der Waals surface area (Å²) in [7, 11) is 0. The lowest BCUT2D eigenvalue weighted by molar-refractivity contribution is -0.115. The number of anilines is 1. The van der Waals surface area contributed by atoms with Crippen LogP contribution in [-0.2, 0) is 17.6 Å². The van der Waals surface area contributed by atoms with Crippen LogP contribution < -0.4 is 5.32 Å².